The van der Waals surface area contributed by atoms with E-state index in [1.165, 1.54) is 31.4 Å². The molecule has 8 heteroatoms. The molecule has 5 nitrogen and oxygen atoms in total. The predicted molar refractivity (Wildman–Crippen MR) is 103 cm³/mol. The van der Waals surface area contributed by atoms with E-state index in [1.807, 2.05) is 0 Å². The van der Waals surface area contributed by atoms with E-state index in [-0.39, 0.29) is 21.2 Å². The van der Waals surface area contributed by atoms with Crippen LogP contribution in [0.25, 0.3) is 0 Å². The van der Waals surface area contributed by atoms with Crippen molar-refractivity contribution in [2.75, 3.05) is 0 Å². The lowest BCUT2D eigenvalue weighted by Gasteiger charge is -2.56. The van der Waals surface area contributed by atoms with Crippen molar-refractivity contribution in [3.8, 4) is 0 Å². The van der Waals surface area contributed by atoms with Gasteiger partial charge in [0.05, 0.1) is 5.02 Å². The van der Waals surface area contributed by atoms with Gasteiger partial charge in [-0.2, -0.15) is 0 Å². The van der Waals surface area contributed by atoms with Crippen molar-refractivity contribution < 1.29 is 13.2 Å². The number of nitrogens with one attached hydrogen (secondary N) is 2. The highest BCUT2D eigenvalue weighted by Gasteiger charge is 2.51. The predicted octanol–water partition coefficient (Wildman–Crippen LogP) is 4.02. The number of benzene rings is 1. The van der Waals surface area contributed by atoms with Crippen LogP contribution in [0, 0.1) is 23.2 Å². The Bertz CT molecular complexity index is 808. The molecule has 0 saturated heterocycles. The molecule has 1 amide bonds. The summed E-state index contributed by atoms with van der Waals surface area (Å²) in [5, 5.41) is 0.0993. The lowest BCUT2D eigenvalue weighted by Crippen LogP contribution is -2.50. The summed E-state index contributed by atoms with van der Waals surface area (Å²) in [6, 6.07) is 4.51. The lowest BCUT2D eigenvalue weighted by atomic mass is 9.49. The molecule has 0 unspecified atom stereocenters. The number of hydrogen-bond acceptors (Lipinski definition) is 3. The molecule has 0 aromatic heterocycles. The van der Waals surface area contributed by atoms with E-state index in [0.29, 0.717) is 10.9 Å². The minimum Gasteiger partial charge on any atom is -0.278 e. The van der Waals surface area contributed by atoms with E-state index in [1.54, 1.807) is 6.07 Å². The zero-order valence-electron chi connectivity index (χ0n) is 14.3. The standard InChI is InChI=1S/C18H22BrClN2O3S/c19-14-1-2-16(15(20)6-14)26(24,25)22-21-17(23)10-18-7-11-3-12(8-18)5-13(4-11)9-18/h1-2,6,11-13,22H,3-5,7-10H2,(H,21,23). The number of hydrogen-bond donors (Lipinski definition) is 2. The van der Waals surface area contributed by atoms with Crippen LogP contribution < -0.4 is 10.3 Å². The van der Waals surface area contributed by atoms with E-state index in [9.17, 15) is 13.2 Å². The Hall–Kier alpha value is -0.630. The van der Waals surface area contributed by atoms with Crippen molar-refractivity contribution in [1.82, 2.24) is 10.3 Å². The minimum absolute atomic E-state index is 0.0579. The van der Waals surface area contributed by atoms with Gasteiger partial charge in [0, 0.05) is 10.9 Å². The number of amides is 1. The second kappa shape index (κ2) is 6.76. The van der Waals surface area contributed by atoms with Crippen LogP contribution in [0.5, 0.6) is 0 Å². The van der Waals surface area contributed by atoms with Gasteiger partial charge in [-0.15, -0.1) is 4.83 Å². The van der Waals surface area contributed by atoms with Gasteiger partial charge in [0.25, 0.3) is 10.0 Å². The number of halogens is 2. The second-order valence-electron chi connectivity index (χ2n) is 8.32. The van der Waals surface area contributed by atoms with E-state index in [4.69, 9.17) is 11.6 Å². The minimum atomic E-state index is -3.90. The van der Waals surface area contributed by atoms with Crippen LogP contribution in [0.4, 0.5) is 0 Å². The zero-order valence-corrected chi connectivity index (χ0v) is 17.5. The first-order valence-corrected chi connectivity index (χ1v) is 11.7. The van der Waals surface area contributed by atoms with Crippen LogP contribution in [0.2, 0.25) is 5.02 Å². The maximum atomic E-state index is 12.5. The number of hydrazine groups is 1. The third-order valence-electron chi connectivity index (χ3n) is 6.21. The van der Waals surface area contributed by atoms with Crippen molar-refractivity contribution in [2.45, 2.75) is 49.8 Å². The van der Waals surface area contributed by atoms with Gasteiger partial charge in [0.2, 0.25) is 5.91 Å². The maximum Gasteiger partial charge on any atom is 0.258 e. The number of rotatable bonds is 5. The average molecular weight is 462 g/mol. The van der Waals surface area contributed by atoms with Crippen molar-refractivity contribution in [1.29, 1.82) is 0 Å². The highest BCUT2D eigenvalue weighted by atomic mass is 79.9. The Morgan fingerprint density at radius 3 is 2.27 bits per heavy atom. The largest absolute Gasteiger partial charge is 0.278 e. The molecule has 4 fully saturated rings. The van der Waals surface area contributed by atoms with Crippen LogP contribution in [-0.2, 0) is 14.8 Å². The Balaban J connectivity index is 1.40. The monoisotopic (exact) mass is 460 g/mol. The molecule has 4 saturated carbocycles. The Morgan fingerprint density at radius 1 is 1.15 bits per heavy atom. The number of carbonyl (C=O) groups excluding carboxylic acids is 1. The van der Waals surface area contributed by atoms with Crippen LogP contribution >= 0.6 is 27.5 Å². The number of sulfonamides is 1. The lowest BCUT2D eigenvalue weighted by molar-refractivity contribution is -0.129. The van der Waals surface area contributed by atoms with Gasteiger partial charge >= 0.3 is 0 Å². The van der Waals surface area contributed by atoms with Crippen LogP contribution in [0.1, 0.15) is 44.9 Å². The zero-order chi connectivity index (χ0) is 18.5. The molecule has 0 atom stereocenters. The highest BCUT2D eigenvalue weighted by Crippen LogP contribution is 2.61. The van der Waals surface area contributed by atoms with Crippen molar-refractivity contribution in [2.24, 2.45) is 23.2 Å². The molecule has 1 aromatic carbocycles. The SMILES string of the molecule is O=C(CC12CC3CC(CC(C3)C1)C2)NNS(=O)(=O)c1ccc(Br)cc1Cl. The summed E-state index contributed by atoms with van der Waals surface area (Å²) in [7, 11) is -3.90. The Labute approximate surface area is 167 Å². The van der Waals surface area contributed by atoms with E-state index < -0.39 is 10.0 Å². The molecule has 0 aliphatic heterocycles. The molecule has 0 radical (unpaired) electrons. The molecule has 0 heterocycles. The van der Waals surface area contributed by atoms with Gasteiger partial charge in [0.1, 0.15) is 4.90 Å². The summed E-state index contributed by atoms with van der Waals surface area (Å²) < 4.78 is 25.5. The first kappa shape index (κ1) is 18.7. The summed E-state index contributed by atoms with van der Waals surface area (Å²) >= 11 is 9.26. The highest BCUT2D eigenvalue weighted by molar-refractivity contribution is 9.10. The molecular weight excluding hydrogens is 440 g/mol. The maximum absolute atomic E-state index is 12.5. The summed E-state index contributed by atoms with van der Waals surface area (Å²) in [6.45, 7) is 0. The van der Waals surface area contributed by atoms with Crippen molar-refractivity contribution in [3.05, 3.63) is 27.7 Å². The Morgan fingerprint density at radius 2 is 1.73 bits per heavy atom. The third-order valence-corrected chi connectivity index (χ3v) is 8.43. The van der Waals surface area contributed by atoms with Crippen molar-refractivity contribution >= 4 is 43.5 Å². The van der Waals surface area contributed by atoms with Crippen LogP contribution in [0.3, 0.4) is 0 Å². The van der Waals surface area contributed by atoms with Gasteiger partial charge in [0.15, 0.2) is 0 Å². The number of carbonyl (C=O) groups is 1. The normalized spacial score (nSPS) is 32.6. The molecular formula is C18H22BrClN2O3S. The summed E-state index contributed by atoms with van der Waals surface area (Å²) in [4.78, 5) is 14.6. The van der Waals surface area contributed by atoms with Gasteiger partial charge < -0.3 is 0 Å². The molecule has 4 aliphatic rings. The topological polar surface area (TPSA) is 75.3 Å². The van der Waals surface area contributed by atoms with Gasteiger partial charge in [-0.25, -0.2) is 8.42 Å². The summed E-state index contributed by atoms with van der Waals surface area (Å²) in [5.41, 5.74) is 2.46. The first-order chi connectivity index (χ1) is 12.2. The summed E-state index contributed by atoms with van der Waals surface area (Å²) in [5.74, 6) is 2.01. The van der Waals surface area contributed by atoms with Gasteiger partial charge in [-0.05, 0) is 79.9 Å². The van der Waals surface area contributed by atoms with Crippen molar-refractivity contribution in [3.63, 3.8) is 0 Å². The van der Waals surface area contributed by atoms with E-state index in [2.05, 4.69) is 26.2 Å². The van der Waals surface area contributed by atoms with Crippen LogP contribution in [0.15, 0.2) is 27.6 Å². The quantitative estimate of drug-likeness (QED) is 0.650. The fourth-order valence-corrected chi connectivity index (χ4v) is 7.66. The second-order valence-corrected chi connectivity index (χ2v) is 11.3. The van der Waals surface area contributed by atoms with E-state index in [0.717, 1.165) is 37.0 Å². The summed E-state index contributed by atoms with van der Waals surface area (Å²) in [6.07, 6.45) is 7.67. The third kappa shape index (κ3) is 3.68. The fourth-order valence-electron chi connectivity index (χ4n) is 5.76. The molecule has 5 rings (SSSR count). The molecule has 0 spiro atoms. The average Bonchev–Trinajstić information content (AvgIpc) is 2.51. The molecule has 2 N–H and O–H groups in total. The smallest absolute Gasteiger partial charge is 0.258 e. The fraction of sp³-hybridized carbons (Fsp3) is 0.611. The molecule has 4 bridgehead atoms. The molecule has 142 valence electrons. The molecule has 4 aliphatic carbocycles. The molecule has 26 heavy (non-hydrogen) atoms. The van der Waals surface area contributed by atoms with E-state index >= 15 is 0 Å². The Kier molecular flexibility index (Phi) is 4.87. The van der Waals surface area contributed by atoms with Gasteiger partial charge in [-0.3, -0.25) is 10.2 Å². The first-order valence-electron chi connectivity index (χ1n) is 9.00. The van der Waals surface area contributed by atoms with Crippen LogP contribution in [-0.4, -0.2) is 14.3 Å². The van der Waals surface area contributed by atoms with Gasteiger partial charge in [-0.1, -0.05) is 27.5 Å². The molecule has 1 aromatic rings.